The standard InChI is InChI=1S/C14H13FN8O3/c1-8-14(23(25)26)9(2)21(18-8)6-13(24)17-12-5-10(3-4-11(12)15)22-7-16-19-20-22/h3-5,7H,6H2,1-2H3,(H,17,24). The second-order valence-electron chi connectivity index (χ2n) is 5.40. The van der Waals surface area contributed by atoms with Crippen LogP contribution in [0.5, 0.6) is 0 Å². The van der Waals surface area contributed by atoms with E-state index in [1.807, 2.05) is 0 Å². The van der Waals surface area contributed by atoms with Crippen molar-refractivity contribution in [3.63, 3.8) is 0 Å². The number of nitrogens with zero attached hydrogens (tertiary/aromatic N) is 7. The summed E-state index contributed by atoms with van der Waals surface area (Å²) in [5.74, 6) is -1.23. The zero-order valence-electron chi connectivity index (χ0n) is 13.7. The predicted octanol–water partition coefficient (Wildman–Crippen LogP) is 1.16. The number of nitrogens with one attached hydrogen (secondary N) is 1. The fourth-order valence-corrected chi connectivity index (χ4v) is 2.46. The molecule has 3 aromatic rings. The Balaban J connectivity index is 1.80. The van der Waals surface area contributed by atoms with Gasteiger partial charge in [-0.3, -0.25) is 19.6 Å². The number of anilines is 1. The monoisotopic (exact) mass is 360 g/mol. The average molecular weight is 360 g/mol. The number of benzene rings is 1. The van der Waals surface area contributed by atoms with Crippen LogP contribution in [0.1, 0.15) is 11.4 Å². The Morgan fingerprint density at radius 2 is 2.15 bits per heavy atom. The van der Waals surface area contributed by atoms with Crippen LogP contribution in [-0.2, 0) is 11.3 Å². The number of rotatable bonds is 5. The SMILES string of the molecule is Cc1nn(CC(=O)Nc2cc(-n3cnnn3)ccc2F)c(C)c1[N+](=O)[O-]. The molecular formula is C14H13FN8O3. The molecule has 0 saturated carbocycles. The van der Waals surface area contributed by atoms with Crippen LogP contribution in [0.15, 0.2) is 24.5 Å². The van der Waals surface area contributed by atoms with E-state index in [1.54, 1.807) is 0 Å². The van der Waals surface area contributed by atoms with Gasteiger partial charge in [0.05, 0.1) is 16.3 Å². The van der Waals surface area contributed by atoms with Gasteiger partial charge in [-0.15, -0.1) is 5.10 Å². The Labute approximate surface area is 145 Å². The summed E-state index contributed by atoms with van der Waals surface area (Å²) >= 11 is 0. The maximum Gasteiger partial charge on any atom is 0.312 e. The summed E-state index contributed by atoms with van der Waals surface area (Å²) in [6, 6.07) is 3.99. The molecule has 0 spiro atoms. The van der Waals surface area contributed by atoms with Crippen molar-refractivity contribution >= 4 is 17.3 Å². The van der Waals surface area contributed by atoms with E-state index >= 15 is 0 Å². The molecule has 0 aliphatic rings. The van der Waals surface area contributed by atoms with Crippen molar-refractivity contribution in [1.82, 2.24) is 30.0 Å². The summed E-state index contributed by atoms with van der Waals surface area (Å²) in [6.07, 6.45) is 1.33. The molecule has 2 heterocycles. The Hall–Kier alpha value is -3.70. The van der Waals surface area contributed by atoms with E-state index < -0.39 is 16.6 Å². The molecule has 0 radical (unpaired) electrons. The zero-order valence-corrected chi connectivity index (χ0v) is 13.7. The van der Waals surface area contributed by atoms with Crippen LogP contribution in [0.3, 0.4) is 0 Å². The number of aryl methyl sites for hydroxylation is 1. The molecule has 26 heavy (non-hydrogen) atoms. The molecule has 0 bridgehead atoms. The summed E-state index contributed by atoms with van der Waals surface area (Å²) in [7, 11) is 0. The smallest absolute Gasteiger partial charge is 0.312 e. The quantitative estimate of drug-likeness (QED) is 0.533. The van der Waals surface area contributed by atoms with Crippen molar-refractivity contribution in [2.75, 3.05) is 5.32 Å². The van der Waals surface area contributed by atoms with Gasteiger partial charge >= 0.3 is 5.69 Å². The maximum absolute atomic E-state index is 14.0. The van der Waals surface area contributed by atoms with Crippen LogP contribution in [0.2, 0.25) is 0 Å². The van der Waals surface area contributed by atoms with Gasteiger partial charge in [0.15, 0.2) is 0 Å². The normalized spacial score (nSPS) is 10.7. The highest BCUT2D eigenvalue weighted by Crippen LogP contribution is 2.22. The molecule has 12 heteroatoms. The molecule has 0 fully saturated rings. The third-order valence-electron chi connectivity index (χ3n) is 3.66. The number of hydrogen-bond donors (Lipinski definition) is 1. The lowest BCUT2D eigenvalue weighted by molar-refractivity contribution is -0.386. The summed E-state index contributed by atoms with van der Waals surface area (Å²) in [5.41, 5.74) is 0.676. The van der Waals surface area contributed by atoms with Crippen LogP contribution in [0, 0.1) is 29.8 Å². The molecule has 1 aromatic carbocycles. The zero-order chi connectivity index (χ0) is 18.8. The van der Waals surface area contributed by atoms with E-state index in [2.05, 4.69) is 25.9 Å². The third-order valence-corrected chi connectivity index (χ3v) is 3.66. The van der Waals surface area contributed by atoms with Gasteiger partial charge in [0.25, 0.3) is 0 Å². The highest BCUT2D eigenvalue weighted by atomic mass is 19.1. The lowest BCUT2D eigenvalue weighted by Gasteiger charge is -2.09. The van der Waals surface area contributed by atoms with Crippen molar-refractivity contribution in [1.29, 1.82) is 0 Å². The lowest BCUT2D eigenvalue weighted by Crippen LogP contribution is -2.21. The van der Waals surface area contributed by atoms with E-state index in [9.17, 15) is 19.3 Å². The van der Waals surface area contributed by atoms with Crippen LogP contribution in [-0.4, -0.2) is 40.8 Å². The molecule has 0 aliphatic carbocycles. The van der Waals surface area contributed by atoms with Gasteiger partial charge in [0.1, 0.15) is 30.1 Å². The fraction of sp³-hybridized carbons (Fsp3) is 0.214. The van der Waals surface area contributed by atoms with Crippen molar-refractivity contribution in [2.24, 2.45) is 0 Å². The summed E-state index contributed by atoms with van der Waals surface area (Å²) in [4.78, 5) is 22.7. The van der Waals surface area contributed by atoms with Crippen molar-refractivity contribution < 1.29 is 14.1 Å². The van der Waals surface area contributed by atoms with Gasteiger partial charge < -0.3 is 5.32 Å². The number of amides is 1. The molecule has 0 atom stereocenters. The van der Waals surface area contributed by atoms with Crippen LogP contribution in [0.4, 0.5) is 15.8 Å². The number of carbonyl (C=O) groups excluding carboxylic acids is 1. The Kier molecular flexibility index (Phi) is 4.39. The van der Waals surface area contributed by atoms with E-state index in [4.69, 9.17) is 0 Å². The molecular weight excluding hydrogens is 347 g/mol. The fourth-order valence-electron chi connectivity index (χ4n) is 2.46. The van der Waals surface area contributed by atoms with Gasteiger partial charge in [-0.25, -0.2) is 9.07 Å². The minimum atomic E-state index is -0.644. The first-order valence-corrected chi connectivity index (χ1v) is 7.38. The highest BCUT2D eigenvalue weighted by Gasteiger charge is 2.23. The molecule has 1 N–H and O–H groups in total. The van der Waals surface area contributed by atoms with Gasteiger partial charge in [0.2, 0.25) is 5.91 Å². The topological polar surface area (TPSA) is 134 Å². The molecule has 134 valence electrons. The molecule has 0 unspecified atom stereocenters. The molecule has 0 aliphatic heterocycles. The van der Waals surface area contributed by atoms with Gasteiger partial charge in [0, 0.05) is 0 Å². The Morgan fingerprint density at radius 1 is 1.38 bits per heavy atom. The van der Waals surface area contributed by atoms with Crippen molar-refractivity contribution in [3.05, 3.63) is 51.8 Å². The van der Waals surface area contributed by atoms with Crippen LogP contribution >= 0.6 is 0 Å². The van der Waals surface area contributed by atoms with Crippen molar-refractivity contribution in [2.45, 2.75) is 20.4 Å². The predicted molar refractivity (Wildman–Crippen MR) is 86.1 cm³/mol. The average Bonchev–Trinajstić information content (AvgIpc) is 3.18. The molecule has 3 rings (SSSR count). The number of hydrogen-bond acceptors (Lipinski definition) is 7. The lowest BCUT2D eigenvalue weighted by atomic mass is 10.2. The largest absolute Gasteiger partial charge is 0.322 e. The molecule has 1 amide bonds. The molecule has 2 aromatic heterocycles. The van der Waals surface area contributed by atoms with E-state index in [0.29, 0.717) is 5.69 Å². The first-order chi connectivity index (χ1) is 12.4. The Morgan fingerprint density at radius 3 is 2.77 bits per heavy atom. The number of halogens is 1. The van der Waals surface area contributed by atoms with E-state index in [1.165, 1.54) is 47.7 Å². The minimum absolute atomic E-state index is 0.0703. The van der Waals surface area contributed by atoms with Gasteiger partial charge in [-0.1, -0.05) is 0 Å². The van der Waals surface area contributed by atoms with Crippen molar-refractivity contribution in [3.8, 4) is 5.69 Å². The molecule has 11 nitrogen and oxygen atoms in total. The number of aromatic nitrogens is 6. The highest BCUT2D eigenvalue weighted by molar-refractivity contribution is 5.91. The maximum atomic E-state index is 14.0. The number of carbonyl (C=O) groups is 1. The first kappa shape index (κ1) is 17.1. The first-order valence-electron chi connectivity index (χ1n) is 7.38. The van der Waals surface area contributed by atoms with Crippen LogP contribution < -0.4 is 5.32 Å². The van der Waals surface area contributed by atoms with Gasteiger partial charge in [-0.2, -0.15) is 5.10 Å². The van der Waals surface area contributed by atoms with Gasteiger partial charge in [-0.05, 0) is 42.5 Å². The summed E-state index contributed by atoms with van der Waals surface area (Å²) in [5, 5.41) is 28.1. The number of nitro groups is 1. The second kappa shape index (κ2) is 6.66. The minimum Gasteiger partial charge on any atom is -0.322 e. The Bertz CT molecular complexity index is 982. The third kappa shape index (κ3) is 3.24. The summed E-state index contributed by atoms with van der Waals surface area (Å²) < 4.78 is 16.5. The summed E-state index contributed by atoms with van der Waals surface area (Å²) in [6.45, 7) is 2.67. The number of tetrazole rings is 1. The van der Waals surface area contributed by atoms with E-state index in [-0.39, 0.29) is 29.3 Å². The van der Waals surface area contributed by atoms with E-state index in [0.717, 1.165) is 0 Å². The second-order valence-corrected chi connectivity index (χ2v) is 5.40. The van der Waals surface area contributed by atoms with Crippen LogP contribution in [0.25, 0.3) is 5.69 Å². The molecule has 0 saturated heterocycles.